The highest BCUT2D eigenvalue weighted by Crippen LogP contribution is 2.25. The molecule has 0 radical (unpaired) electrons. The van der Waals surface area contributed by atoms with Crippen molar-refractivity contribution in [3.05, 3.63) is 60.3 Å². The van der Waals surface area contributed by atoms with E-state index in [2.05, 4.69) is 57.7 Å². The Hall–Kier alpha value is -1.67. The fourth-order valence-corrected chi connectivity index (χ4v) is 2.62. The van der Waals surface area contributed by atoms with Gasteiger partial charge in [-0.1, -0.05) is 63.0 Å². The van der Waals surface area contributed by atoms with Crippen LogP contribution >= 0.6 is 0 Å². The molecule has 1 atom stereocenters. The maximum atomic E-state index is 8.60. The minimum atomic E-state index is 0.165. The summed E-state index contributed by atoms with van der Waals surface area (Å²) in [6.07, 6.45) is 9.92. The topological polar surface area (TPSA) is 27.1 Å². The van der Waals surface area contributed by atoms with Crippen LogP contribution in [0.2, 0.25) is 0 Å². The van der Waals surface area contributed by atoms with Crippen LogP contribution in [0.4, 0.5) is 0 Å². The van der Waals surface area contributed by atoms with Gasteiger partial charge in [0.05, 0.1) is 5.71 Å². The van der Waals surface area contributed by atoms with Gasteiger partial charge in [0, 0.05) is 12.5 Å². The highest BCUT2D eigenvalue weighted by atomic mass is 15.1. The Kier molecular flexibility index (Phi) is 11.8. The molecule has 0 aromatic carbocycles. The third kappa shape index (κ3) is 9.40. The summed E-state index contributed by atoms with van der Waals surface area (Å²) in [4.78, 5) is 2.32. The first-order valence-corrected chi connectivity index (χ1v) is 9.33. The third-order valence-electron chi connectivity index (χ3n) is 4.47. The molecule has 0 aliphatic rings. The van der Waals surface area contributed by atoms with Crippen LogP contribution in [0.15, 0.2) is 60.3 Å². The molecule has 0 spiro atoms. The van der Waals surface area contributed by atoms with E-state index in [1.165, 1.54) is 6.42 Å². The molecule has 2 heteroatoms. The lowest BCUT2D eigenvalue weighted by atomic mass is 9.86. The number of nitrogens with zero attached hydrogens (tertiary/aromatic N) is 1. The van der Waals surface area contributed by atoms with Crippen LogP contribution in [0.5, 0.6) is 0 Å². The molecule has 0 amide bonds. The molecule has 0 aromatic heterocycles. The minimum Gasteiger partial charge on any atom is -0.306 e. The molecule has 0 heterocycles. The predicted octanol–water partition coefficient (Wildman–Crippen LogP) is 6.35. The molecule has 140 valence electrons. The average molecular weight is 343 g/mol. The Labute approximate surface area is 156 Å². The summed E-state index contributed by atoms with van der Waals surface area (Å²) in [5, 5.41) is 8.60. The lowest BCUT2D eigenvalue weighted by Crippen LogP contribution is -2.21. The van der Waals surface area contributed by atoms with Gasteiger partial charge >= 0.3 is 0 Å². The van der Waals surface area contributed by atoms with Crippen molar-refractivity contribution in [1.82, 2.24) is 4.90 Å². The van der Waals surface area contributed by atoms with E-state index in [9.17, 15) is 0 Å². The second kappa shape index (κ2) is 12.7. The molecule has 25 heavy (non-hydrogen) atoms. The van der Waals surface area contributed by atoms with Gasteiger partial charge in [0.2, 0.25) is 0 Å². The van der Waals surface area contributed by atoms with Crippen LogP contribution in [-0.4, -0.2) is 30.7 Å². The van der Waals surface area contributed by atoms with Gasteiger partial charge in [-0.3, -0.25) is 0 Å². The van der Waals surface area contributed by atoms with E-state index in [1.54, 1.807) is 0 Å². The van der Waals surface area contributed by atoms with Crippen LogP contribution in [0.1, 0.15) is 53.4 Å². The van der Waals surface area contributed by atoms with E-state index in [1.807, 2.05) is 19.9 Å². The van der Waals surface area contributed by atoms with E-state index in [-0.39, 0.29) is 5.92 Å². The average Bonchev–Trinajstić information content (AvgIpc) is 2.56. The van der Waals surface area contributed by atoms with E-state index in [0.717, 1.165) is 48.2 Å². The van der Waals surface area contributed by atoms with Crippen molar-refractivity contribution < 1.29 is 0 Å². The molecular weight excluding hydrogens is 304 g/mol. The molecule has 0 aromatic rings. The Bertz CT molecular complexity index is 534. The summed E-state index contributed by atoms with van der Waals surface area (Å²) in [5.74, 6) is 0.165. The number of hydrogen-bond acceptors (Lipinski definition) is 2. The third-order valence-corrected chi connectivity index (χ3v) is 4.47. The maximum Gasteiger partial charge on any atom is 0.0604 e. The van der Waals surface area contributed by atoms with Gasteiger partial charge in [0.15, 0.2) is 0 Å². The molecule has 0 fully saturated rings. The van der Waals surface area contributed by atoms with Gasteiger partial charge in [-0.15, -0.1) is 0 Å². The Morgan fingerprint density at radius 3 is 2.36 bits per heavy atom. The van der Waals surface area contributed by atoms with Crippen molar-refractivity contribution in [3.8, 4) is 0 Å². The quantitative estimate of drug-likeness (QED) is 0.306. The molecule has 0 aliphatic carbocycles. The van der Waals surface area contributed by atoms with Crippen molar-refractivity contribution >= 4 is 5.71 Å². The first-order chi connectivity index (χ1) is 11.7. The number of hydrogen-bond donors (Lipinski definition) is 1. The number of allylic oxidation sites excluding steroid dienone is 6. The molecule has 0 bridgehead atoms. The van der Waals surface area contributed by atoms with Crippen LogP contribution in [0, 0.1) is 11.3 Å². The highest BCUT2D eigenvalue weighted by molar-refractivity contribution is 6.10. The Morgan fingerprint density at radius 1 is 1.20 bits per heavy atom. The normalized spacial score (nSPS) is 13.3. The second-order valence-electron chi connectivity index (χ2n) is 6.99. The number of rotatable bonds is 13. The second-order valence-corrected chi connectivity index (χ2v) is 6.99. The maximum absolute atomic E-state index is 8.60. The molecular formula is C23H38N2. The fraction of sp³-hybridized carbons (Fsp3) is 0.522. The zero-order valence-electron chi connectivity index (χ0n) is 17.1. The molecule has 1 N–H and O–H groups in total. The molecule has 0 aliphatic heterocycles. The van der Waals surface area contributed by atoms with Crippen LogP contribution < -0.4 is 0 Å². The van der Waals surface area contributed by atoms with Crippen molar-refractivity contribution in [2.75, 3.05) is 20.1 Å². The molecule has 1 unspecified atom stereocenters. The van der Waals surface area contributed by atoms with Crippen molar-refractivity contribution in [1.29, 1.82) is 5.41 Å². The summed E-state index contributed by atoms with van der Waals surface area (Å²) in [5.41, 5.74) is 4.63. The monoisotopic (exact) mass is 342 g/mol. The molecule has 0 saturated heterocycles. The van der Waals surface area contributed by atoms with Gasteiger partial charge in [0.25, 0.3) is 0 Å². The van der Waals surface area contributed by atoms with Gasteiger partial charge < -0.3 is 10.3 Å². The molecule has 2 nitrogen and oxygen atoms in total. The molecule has 0 rings (SSSR count). The minimum absolute atomic E-state index is 0.165. The fourth-order valence-electron chi connectivity index (χ4n) is 2.62. The van der Waals surface area contributed by atoms with Gasteiger partial charge in [0.1, 0.15) is 0 Å². The van der Waals surface area contributed by atoms with Gasteiger partial charge in [-0.25, -0.2) is 0 Å². The summed E-state index contributed by atoms with van der Waals surface area (Å²) in [7, 11) is 2.14. The SMILES string of the molecule is C=C(CCN(C)CCC)CC(=C)C(=N)/C(=C/CC=CC)C(C)C(=C)C. The van der Waals surface area contributed by atoms with Crippen molar-refractivity contribution in [2.45, 2.75) is 53.4 Å². The largest absolute Gasteiger partial charge is 0.306 e. The van der Waals surface area contributed by atoms with E-state index in [4.69, 9.17) is 5.41 Å². The molecule has 0 saturated carbocycles. The summed E-state index contributed by atoms with van der Waals surface area (Å²) >= 11 is 0. The van der Waals surface area contributed by atoms with Gasteiger partial charge in [-0.2, -0.15) is 0 Å². The van der Waals surface area contributed by atoms with Crippen LogP contribution in [0.3, 0.4) is 0 Å². The lowest BCUT2D eigenvalue weighted by molar-refractivity contribution is 0.338. The first-order valence-electron chi connectivity index (χ1n) is 9.33. The standard InChI is InChI=1S/C23H38N2/c1-9-11-12-13-22(21(7)18(3)4)23(24)20(6)17-19(5)14-16-25(8)15-10-2/h9,11,13,21,24H,3,5-6,10,12,14-17H2,1-2,4,7-8H3/b11-9?,22-13+,24-23?. The smallest absolute Gasteiger partial charge is 0.0604 e. The summed E-state index contributed by atoms with van der Waals surface area (Å²) in [6, 6.07) is 0. The van der Waals surface area contributed by atoms with Crippen molar-refractivity contribution in [3.63, 3.8) is 0 Å². The van der Waals surface area contributed by atoms with E-state index < -0.39 is 0 Å². The van der Waals surface area contributed by atoms with E-state index in [0.29, 0.717) is 12.1 Å². The predicted molar refractivity (Wildman–Crippen MR) is 115 cm³/mol. The summed E-state index contributed by atoms with van der Waals surface area (Å²) < 4.78 is 0. The van der Waals surface area contributed by atoms with Crippen LogP contribution in [0.25, 0.3) is 0 Å². The lowest BCUT2D eigenvalue weighted by Gasteiger charge is -2.20. The zero-order valence-corrected chi connectivity index (χ0v) is 17.1. The van der Waals surface area contributed by atoms with E-state index >= 15 is 0 Å². The highest BCUT2D eigenvalue weighted by Gasteiger charge is 2.17. The van der Waals surface area contributed by atoms with Gasteiger partial charge in [-0.05, 0) is 64.3 Å². The summed E-state index contributed by atoms with van der Waals surface area (Å²) in [6.45, 7) is 22.9. The Balaban J connectivity index is 4.89. The first kappa shape index (κ1) is 23.3. The number of nitrogens with one attached hydrogen (secondary N) is 1. The van der Waals surface area contributed by atoms with Crippen molar-refractivity contribution in [2.24, 2.45) is 5.92 Å². The van der Waals surface area contributed by atoms with Crippen LogP contribution in [-0.2, 0) is 0 Å². The Morgan fingerprint density at radius 2 is 1.84 bits per heavy atom. The zero-order chi connectivity index (χ0) is 19.4.